The van der Waals surface area contributed by atoms with E-state index >= 15 is 0 Å². The van der Waals surface area contributed by atoms with Crippen LogP contribution >= 0.6 is 9.53 Å². The molecule has 2 aromatic rings. The molecule has 3 nitrogen and oxygen atoms in total. The first kappa shape index (κ1) is 23.5. The predicted octanol–water partition coefficient (Wildman–Crippen LogP) is 6.18. The molecule has 25 heavy (non-hydrogen) atoms. The van der Waals surface area contributed by atoms with Crippen LogP contribution in [0.2, 0.25) is 0 Å². The van der Waals surface area contributed by atoms with Crippen LogP contribution in [0, 0.1) is 42.0 Å². The Labute approximate surface area is 166 Å². The molecule has 0 aromatic heterocycles. The van der Waals surface area contributed by atoms with Gasteiger partial charge in [-0.25, -0.2) is 0 Å². The Kier molecular flexibility index (Phi) is 10.5. The molecular formula is C20H25ClN2OPd. The molecule has 0 fully saturated rings. The standard InChI is InChI=1S/C19H22N2O.CH3.ClH.Pd/c1-12-8-13(2)18(14(3)9-12)20-6-7-21-19-15(4)10-17(22)11-16(19)5;;;/h6-11,22H,1-5H3;1H3;1H;/q;-1;;+2/p-1. The first-order valence-electron chi connectivity index (χ1n) is 7.45. The SMILES string of the molecule is Cc1cc(C)c(N=CC=Nc2c(C)cc(O)cc2C)c(C)c1.[CH3-].[Cl][Pd+]. The van der Waals surface area contributed by atoms with E-state index in [1.807, 2.05) is 13.8 Å². The van der Waals surface area contributed by atoms with Crippen molar-refractivity contribution in [3.8, 4) is 5.75 Å². The number of halogens is 1. The minimum atomic E-state index is 0. The Morgan fingerprint density at radius 1 is 0.760 bits per heavy atom. The van der Waals surface area contributed by atoms with Crippen molar-refractivity contribution in [1.82, 2.24) is 0 Å². The molecule has 0 heterocycles. The van der Waals surface area contributed by atoms with Gasteiger partial charge in [-0.3, -0.25) is 9.98 Å². The second-order valence-electron chi connectivity index (χ2n) is 5.73. The van der Waals surface area contributed by atoms with E-state index in [4.69, 9.17) is 0 Å². The van der Waals surface area contributed by atoms with Crippen molar-refractivity contribution in [2.24, 2.45) is 9.98 Å². The van der Waals surface area contributed by atoms with E-state index in [0.29, 0.717) is 0 Å². The van der Waals surface area contributed by atoms with Crippen LogP contribution in [-0.4, -0.2) is 17.5 Å². The van der Waals surface area contributed by atoms with Gasteiger partial charge in [-0.2, -0.15) is 0 Å². The Balaban J connectivity index is 0.00000185. The number of hydrogen-bond donors (Lipinski definition) is 1. The molecule has 0 atom stereocenters. The summed E-state index contributed by atoms with van der Waals surface area (Å²) in [4.78, 5) is 8.97. The molecule has 1 N–H and O–H groups in total. The molecule has 0 aliphatic rings. The van der Waals surface area contributed by atoms with E-state index in [-0.39, 0.29) is 13.2 Å². The van der Waals surface area contributed by atoms with E-state index in [2.05, 4.69) is 70.6 Å². The zero-order valence-corrected chi connectivity index (χ0v) is 17.8. The molecule has 0 spiro atoms. The fourth-order valence-corrected chi connectivity index (χ4v) is 2.73. The zero-order valence-electron chi connectivity index (χ0n) is 15.5. The van der Waals surface area contributed by atoms with E-state index in [0.717, 1.165) is 22.5 Å². The summed E-state index contributed by atoms with van der Waals surface area (Å²) in [6.07, 6.45) is 3.42. The second-order valence-corrected chi connectivity index (χ2v) is 5.73. The monoisotopic (exact) mass is 450 g/mol. The molecule has 0 saturated heterocycles. The molecular weight excluding hydrogens is 426 g/mol. The van der Waals surface area contributed by atoms with Crippen molar-refractivity contribution < 1.29 is 23.3 Å². The van der Waals surface area contributed by atoms with E-state index in [1.54, 1.807) is 24.6 Å². The Morgan fingerprint density at radius 2 is 1.08 bits per heavy atom. The number of aryl methyl sites for hydroxylation is 5. The van der Waals surface area contributed by atoms with Gasteiger partial charge in [0.1, 0.15) is 5.75 Å². The van der Waals surface area contributed by atoms with Crippen LogP contribution in [0.1, 0.15) is 27.8 Å². The number of aliphatic imine (C=N–C) groups is 2. The first-order chi connectivity index (χ1) is 11.4. The summed E-state index contributed by atoms with van der Waals surface area (Å²) in [5.41, 5.74) is 7.35. The van der Waals surface area contributed by atoms with Gasteiger partial charge < -0.3 is 12.5 Å². The van der Waals surface area contributed by atoms with Crippen LogP contribution < -0.4 is 0 Å². The minimum absolute atomic E-state index is 0. The van der Waals surface area contributed by atoms with Gasteiger partial charge >= 0.3 is 27.7 Å². The molecule has 5 heteroatoms. The summed E-state index contributed by atoms with van der Waals surface area (Å²) in [6, 6.07) is 7.69. The maximum atomic E-state index is 9.54. The average molecular weight is 451 g/mol. The third-order valence-electron chi connectivity index (χ3n) is 3.59. The average Bonchev–Trinajstić information content (AvgIpc) is 2.49. The first-order valence-corrected chi connectivity index (χ1v) is 9.45. The maximum absolute atomic E-state index is 9.54. The van der Waals surface area contributed by atoms with Crippen molar-refractivity contribution in [1.29, 1.82) is 0 Å². The molecule has 0 saturated carbocycles. The molecule has 0 bridgehead atoms. The van der Waals surface area contributed by atoms with Gasteiger partial charge in [0.05, 0.1) is 11.4 Å². The molecule has 0 aliphatic carbocycles. The molecule has 0 unspecified atom stereocenters. The van der Waals surface area contributed by atoms with Crippen molar-refractivity contribution in [3.63, 3.8) is 0 Å². The van der Waals surface area contributed by atoms with Crippen molar-refractivity contribution in [2.45, 2.75) is 34.6 Å². The van der Waals surface area contributed by atoms with Crippen molar-refractivity contribution >= 4 is 33.3 Å². The normalized spacial score (nSPS) is 10.6. The van der Waals surface area contributed by atoms with Gasteiger partial charge in [0.25, 0.3) is 0 Å². The van der Waals surface area contributed by atoms with Gasteiger partial charge in [-0.1, -0.05) is 17.7 Å². The van der Waals surface area contributed by atoms with Gasteiger partial charge in [0, 0.05) is 12.4 Å². The summed E-state index contributed by atoms with van der Waals surface area (Å²) in [7, 11) is 4.49. The molecule has 2 rings (SSSR count). The van der Waals surface area contributed by atoms with Gasteiger partial charge in [0.15, 0.2) is 0 Å². The van der Waals surface area contributed by atoms with E-state index < -0.39 is 0 Å². The van der Waals surface area contributed by atoms with Crippen molar-refractivity contribution in [2.75, 3.05) is 0 Å². The van der Waals surface area contributed by atoms with Crippen LogP contribution in [0.25, 0.3) is 0 Å². The zero-order chi connectivity index (χ0) is 18.3. The number of phenolic OH excluding ortho intramolecular Hbond substituents is 1. The van der Waals surface area contributed by atoms with Crippen LogP contribution in [0.3, 0.4) is 0 Å². The van der Waals surface area contributed by atoms with Crippen LogP contribution in [0.4, 0.5) is 11.4 Å². The van der Waals surface area contributed by atoms with Crippen LogP contribution in [0.5, 0.6) is 5.75 Å². The van der Waals surface area contributed by atoms with Crippen molar-refractivity contribution in [3.05, 3.63) is 59.5 Å². The summed E-state index contributed by atoms with van der Waals surface area (Å²) in [5.74, 6) is 0.272. The fourth-order valence-electron chi connectivity index (χ4n) is 2.73. The van der Waals surface area contributed by atoms with Crippen LogP contribution in [-0.2, 0) is 18.2 Å². The molecule has 0 aliphatic heterocycles. The number of aromatic hydroxyl groups is 1. The fraction of sp³-hybridized carbons (Fsp3) is 0.250. The Morgan fingerprint density at radius 3 is 1.44 bits per heavy atom. The molecule has 0 amide bonds. The summed E-state index contributed by atoms with van der Waals surface area (Å²) in [6.45, 7) is 10.1. The van der Waals surface area contributed by atoms with Gasteiger partial charge in [-0.15, -0.1) is 0 Å². The number of phenols is 1. The predicted molar refractivity (Wildman–Crippen MR) is 107 cm³/mol. The summed E-state index contributed by atoms with van der Waals surface area (Å²) >= 11 is 2.22. The third-order valence-corrected chi connectivity index (χ3v) is 3.59. The molecule has 2 aromatic carbocycles. The number of nitrogens with zero attached hydrogens (tertiary/aromatic N) is 2. The molecule has 138 valence electrons. The summed E-state index contributed by atoms with van der Waals surface area (Å²) in [5, 5.41) is 9.54. The van der Waals surface area contributed by atoms with Gasteiger partial charge in [0.2, 0.25) is 0 Å². The second kappa shape index (κ2) is 11.2. The third kappa shape index (κ3) is 6.74. The number of rotatable bonds is 3. The van der Waals surface area contributed by atoms with Crippen LogP contribution in [0.15, 0.2) is 34.3 Å². The van der Waals surface area contributed by atoms with E-state index in [1.165, 1.54) is 16.7 Å². The number of hydrogen-bond acceptors (Lipinski definition) is 3. The van der Waals surface area contributed by atoms with E-state index in [9.17, 15) is 5.11 Å². The quantitative estimate of drug-likeness (QED) is 0.338. The summed E-state index contributed by atoms with van der Waals surface area (Å²) < 4.78 is 0. The Bertz CT molecular complexity index is 659. The number of benzene rings is 2. The van der Waals surface area contributed by atoms with Gasteiger partial charge in [-0.05, 0) is 69.0 Å². The Hall–Kier alpha value is -1.47. The molecule has 0 radical (unpaired) electrons. The topological polar surface area (TPSA) is 45.0 Å².